The number of non-ortho nitro benzene ring substituents is 1. The van der Waals surface area contributed by atoms with Gasteiger partial charge >= 0.3 is 0 Å². The van der Waals surface area contributed by atoms with Crippen LogP contribution in [-0.4, -0.2) is 29.2 Å². The highest BCUT2D eigenvalue weighted by molar-refractivity contribution is 5.53. The summed E-state index contributed by atoms with van der Waals surface area (Å²) < 4.78 is 0. The van der Waals surface area contributed by atoms with Crippen LogP contribution < -0.4 is 4.90 Å². The van der Waals surface area contributed by atoms with Crippen molar-refractivity contribution in [2.75, 3.05) is 18.1 Å². The minimum Gasteiger partial charge on any atom is -0.394 e. The van der Waals surface area contributed by atoms with Gasteiger partial charge in [-0.1, -0.05) is 13.8 Å². The van der Waals surface area contributed by atoms with Gasteiger partial charge in [0.2, 0.25) is 0 Å². The zero-order valence-corrected chi connectivity index (χ0v) is 15.1. The van der Waals surface area contributed by atoms with Gasteiger partial charge in [-0.15, -0.1) is 0 Å². The summed E-state index contributed by atoms with van der Waals surface area (Å²) in [6, 6.07) is 13.7. The van der Waals surface area contributed by atoms with E-state index in [-0.39, 0.29) is 18.3 Å². The lowest BCUT2D eigenvalue weighted by Crippen LogP contribution is -2.38. The quantitative estimate of drug-likeness (QED) is 0.389. The molecule has 0 bridgehead atoms. The van der Waals surface area contributed by atoms with Crippen molar-refractivity contribution in [2.45, 2.75) is 32.7 Å². The van der Waals surface area contributed by atoms with Crippen molar-refractivity contribution in [3.8, 4) is 0 Å². The number of rotatable bonds is 9. The first-order valence-corrected chi connectivity index (χ1v) is 8.72. The third kappa shape index (κ3) is 5.10. The fourth-order valence-electron chi connectivity index (χ4n) is 2.68. The second-order valence-corrected chi connectivity index (χ2v) is 5.93. The lowest BCUT2D eigenvalue weighted by Gasteiger charge is -2.31. The Balaban J connectivity index is 2.11. The van der Waals surface area contributed by atoms with Gasteiger partial charge in [0.25, 0.3) is 5.69 Å². The molecule has 0 aliphatic carbocycles. The minimum absolute atomic E-state index is 0.0266. The maximum atomic E-state index is 10.6. The summed E-state index contributed by atoms with van der Waals surface area (Å²) in [6.45, 7) is 5.18. The number of benzene rings is 2. The van der Waals surface area contributed by atoms with Crippen LogP contribution in [0.4, 0.5) is 22.7 Å². The summed E-state index contributed by atoms with van der Waals surface area (Å²) >= 11 is 0. The Bertz CT molecular complexity index is 725. The van der Waals surface area contributed by atoms with E-state index in [1.54, 1.807) is 12.1 Å². The molecule has 0 fully saturated rings. The van der Waals surface area contributed by atoms with Crippen LogP contribution in [0.3, 0.4) is 0 Å². The number of aliphatic hydroxyl groups is 1. The van der Waals surface area contributed by atoms with E-state index in [9.17, 15) is 15.2 Å². The van der Waals surface area contributed by atoms with Crippen LogP contribution in [0.5, 0.6) is 0 Å². The molecular formula is C19H24N4O3. The number of azo groups is 1. The second kappa shape index (κ2) is 9.62. The van der Waals surface area contributed by atoms with Gasteiger partial charge < -0.3 is 10.0 Å². The molecule has 2 aromatic carbocycles. The van der Waals surface area contributed by atoms with Crippen molar-refractivity contribution >= 4 is 22.7 Å². The molecule has 1 atom stereocenters. The number of aliphatic hydroxyl groups excluding tert-OH is 1. The Morgan fingerprint density at radius 2 is 1.58 bits per heavy atom. The number of hydrogen-bond acceptors (Lipinski definition) is 6. The summed E-state index contributed by atoms with van der Waals surface area (Å²) in [5.74, 6) is 0. The van der Waals surface area contributed by atoms with E-state index < -0.39 is 4.92 Å². The highest BCUT2D eigenvalue weighted by Gasteiger charge is 2.15. The average molecular weight is 356 g/mol. The Morgan fingerprint density at radius 3 is 2.00 bits per heavy atom. The summed E-state index contributed by atoms with van der Waals surface area (Å²) in [4.78, 5) is 12.4. The lowest BCUT2D eigenvalue weighted by molar-refractivity contribution is -0.384. The van der Waals surface area contributed by atoms with Crippen molar-refractivity contribution < 1.29 is 10.0 Å². The molecule has 0 aliphatic rings. The highest BCUT2D eigenvalue weighted by atomic mass is 16.6. The van der Waals surface area contributed by atoms with E-state index in [0.29, 0.717) is 11.4 Å². The molecule has 7 nitrogen and oxygen atoms in total. The fourth-order valence-corrected chi connectivity index (χ4v) is 2.68. The number of nitro benzene ring substituents is 1. The van der Waals surface area contributed by atoms with Crippen LogP contribution in [-0.2, 0) is 0 Å². The molecule has 2 rings (SSSR count). The van der Waals surface area contributed by atoms with Gasteiger partial charge in [0, 0.05) is 24.4 Å². The summed E-state index contributed by atoms with van der Waals surface area (Å²) in [7, 11) is 0. The Kier molecular flexibility index (Phi) is 7.23. The molecule has 26 heavy (non-hydrogen) atoms. The van der Waals surface area contributed by atoms with E-state index in [2.05, 4.69) is 29.0 Å². The van der Waals surface area contributed by atoms with E-state index in [4.69, 9.17) is 0 Å². The van der Waals surface area contributed by atoms with E-state index in [1.807, 2.05) is 24.3 Å². The zero-order valence-electron chi connectivity index (χ0n) is 15.1. The molecule has 0 aliphatic heterocycles. The smallest absolute Gasteiger partial charge is 0.269 e. The number of hydrogen-bond donors (Lipinski definition) is 1. The lowest BCUT2D eigenvalue weighted by atomic mass is 10.1. The molecule has 0 saturated carbocycles. The third-order valence-corrected chi connectivity index (χ3v) is 4.11. The molecule has 0 amide bonds. The molecule has 1 unspecified atom stereocenters. The average Bonchev–Trinajstić information content (AvgIpc) is 2.67. The van der Waals surface area contributed by atoms with Crippen molar-refractivity contribution in [2.24, 2.45) is 10.2 Å². The Morgan fingerprint density at radius 1 is 1.04 bits per heavy atom. The van der Waals surface area contributed by atoms with Crippen molar-refractivity contribution in [3.05, 3.63) is 58.6 Å². The molecule has 2 aromatic rings. The van der Waals surface area contributed by atoms with E-state index >= 15 is 0 Å². The Labute approximate surface area is 153 Å². The zero-order chi connectivity index (χ0) is 18.9. The van der Waals surface area contributed by atoms with Gasteiger partial charge in [-0.3, -0.25) is 10.1 Å². The third-order valence-electron chi connectivity index (χ3n) is 4.11. The maximum absolute atomic E-state index is 10.6. The highest BCUT2D eigenvalue weighted by Crippen LogP contribution is 2.25. The van der Waals surface area contributed by atoms with Crippen molar-refractivity contribution in [3.63, 3.8) is 0 Å². The van der Waals surface area contributed by atoms with Gasteiger partial charge in [0.15, 0.2) is 0 Å². The molecular weight excluding hydrogens is 332 g/mol. The topological polar surface area (TPSA) is 91.3 Å². The van der Waals surface area contributed by atoms with Crippen molar-refractivity contribution in [1.82, 2.24) is 0 Å². The van der Waals surface area contributed by atoms with Crippen molar-refractivity contribution in [1.29, 1.82) is 0 Å². The number of anilines is 1. The second-order valence-electron chi connectivity index (χ2n) is 5.93. The fraction of sp³-hybridized carbons (Fsp3) is 0.368. The van der Waals surface area contributed by atoms with Crippen LogP contribution in [0, 0.1) is 10.1 Å². The first kappa shape index (κ1) is 19.5. The van der Waals surface area contributed by atoms with Crippen LogP contribution in [0.25, 0.3) is 0 Å². The molecule has 0 spiro atoms. The summed E-state index contributed by atoms with van der Waals surface area (Å²) in [6.07, 6.45) is 1.87. The molecule has 138 valence electrons. The van der Waals surface area contributed by atoms with Crippen LogP contribution in [0.2, 0.25) is 0 Å². The van der Waals surface area contributed by atoms with Gasteiger partial charge in [-0.05, 0) is 49.2 Å². The molecule has 0 aromatic heterocycles. The standard InChI is InChI=1S/C19H24N4O3/c1-3-13-22(17(4-2)14-24)18-9-5-15(6-10-18)20-21-16-7-11-19(12-8-16)23(25)26/h5-12,17,24H,3-4,13-14H2,1-2H3/b21-20+. The molecule has 7 heteroatoms. The van der Waals surface area contributed by atoms with Crippen LogP contribution >= 0.6 is 0 Å². The predicted molar refractivity (Wildman–Crippen MR) is 103 cm³/mol. The van der Waals surface area contributed by atoms with E-state index in [0.717, 1.165) is 25.1 Å². The largest absolute Gasteiger partial charge is 0.394 e. The van der Waals surface area contributed by atoms with Crippen LogP contribution in [0.15, 0.2) is 58.8 Å². The minimum atomic E-state index is -0.447. The van der Waals surface area contributed by atoms with Gasteiger partial charge in [0.05, 0.1) is 28.9 Å². The SMILES string of the molecule is CCCN(c1ccc(/N=N/c2ccc([N+](=O)[O-])cc2)cc1)C(CC)CO. The predicted octanol–water partition coefficient (Wildman–Crippen LogP) is 5.00. The summed E-state index contributed by atoms with van der Waals surface area (Å²) in [5.41, 5.74) is 2.32. The molecule has 1 N–H and O–H groups in total. The summed E-state index contributed by atoms with van der Waals surface area (Å²) in [5, 5.41) is 28.5. The van der Waals surface area contributed by atoms with Gasteiger partial charge in [0.1, 0.15) is 0 Å². The van der Waals surface area contributed by atoms with E-state index in [1.165, 1.54) is 12.1 Å². The first-order valence-electron chi connectivity index (χ1n) is 8.72. The molecule has 0 radical (unpaired) electrons. The molecule has 0 saturated heterocycles. The monoisotopic (exact) mass is 356 g/mol. The maximum Gasteiger partial charge on any atom is 0.269 e. The van der Waals surface area contributed by atoms with Gasteiger partial charge in [-0.2, -0.15) is 10.2 Å². The number of nitro groups is 1. The van der Waals surface area contributed by atoms with Crippen LogP contribution in [0.1, 0.15) is 26.7 Å². The molecule has 0 heterocycles. The normalized spacial score (nSPS) is 12.3. The van der Waals surface area contributed by atoms with Gasteiger partial charge in [-0.25, -0.2) is 0 Å². The Hall–Kier alpha value is -2.80. The first-order chi connectivity index (χ1) is 12.6. The number of nitrogens with zero attached hydrogens (tertiary/aromatic N) is 4.